The van der Waals surface area contributed by atoms with Gasteiger partial charge < -0.3 is 14.8 Å². The first-order valence-corrected chi connectivity index (χ1v) is 8.80. The zero-order valence-electron chi connectivity index (χ0n) is 16.0. The molecule has 0 atom stereocenters. The fraction of sp³-hybridized carbons (Fsp3) is 0.200. The number of nitrogens with one attached hydrogen (secondary N) is 1. The molecule has 1 amide bonds. The molecule has 0 fully saturated rings. The zero-order valence-corrected chi connectivity index (χ0v) is 16.0. The van der Waals surface area contributed by atoms with Gasteiger partial charge in [-0.15, -0.1) is 0 Å². The van der Waals surface area contributed by atoms with Crippen molar-refractivity contribution in [2.24, 2.45) is 0 Å². The van der Waals surface area contributed by atoms with Gasteiger partial charge in [-0.3, -0.25) is 14.9 Å². The topological polar surface area (TPSA) is 109 Å². The number of benzene rings is 2. The number of hydrogen-bond acceptors (Lipinski definition) is 6. The van der Waals surface area contributed by atoms with Crippen molar-refractivity contribution in [2.45, 2.75) is 0 Å². The first-order valence-electron chi connectivity index (χ1n) is 8.80. The smallest absolute Gasteiger partial charge is 0.270 e. The molecule has 0 saturated heterocycles. The van der Waals surface area contributed by atoms with E-state index in [1.54, 1.807) is 32.4 Å². The molecule has 0 aliphatic heterocycles. The minimum Gasteiger partial charge on any atom is -0.497 e. The second kappa shape index (κ2) is 8.98. The number of rotatable bonds is 8. The number of amides is 1. The molecule has 0 aliphatic rings. The average Bonchev–Trinajstić information content (AvgIpc) is 3.19. The lowest BCUT2D eigenvalue weighted by Gasteiger charge is -2.08. The molecule has 2 aromatic carbocycles. The van der Waals surface area contributed by atoms with E-state index in [4.69, 9.17) is 9.47 Å². The molecule has 1 heterocycles. The first kappa shape index (κ1) is 20.0. The van der Waals surface area contributed by atoms with Crippen molar-refractivity contribution in [1.29, 1.82) is 0 Å². The van der Waals surface area contributed by atoms with Crippen LogP contribution in [-0.2, 0) is 4.74 Å². The first-order chi connectivity index (χ1) is 14.0. The molecule has 0 unspecified atom stereocenters. The summed E-state index contributed by atoms with van der Waals surface area (Å²) in [7, 11) is 3.12. The molecular weight excluding hydrogens is 376 g/mol. The van der Waals surface area contributed by atoms with Gasteiger partial charge in [-0.1, -0.05) is 12.1 Å². The Balaban J connectivity index is 2.03. The van der Waals surface area contributed by atoms with Crippen LogP contribution in [0.3, 0.4) is 0 Å². The van der Waals surface area contributed by atoms with Gasteiger partial charge in [0.2, 0.25) is 0 Å². The van der Waals surface area contributed by atoms with E-state index < -0.39 is 4.92 Å². The highest BCUT2D eigenvalue weighted by Gasteiger charge is 2.18. The van der Waals surface area contributed by atoms with Gasteiger partial charge in [0.15, 0.2) is 0 Å². The number of aromatic nitrogens is 2. The van der Waals surface area contributed by atoms with Gasteiger partial charge in [-0.05, 0) is 30.3 Å². The van der Waals surface area contributed by atoms with E-state index in [1.165, 1.54) is 16.8 Å². The van der Waals surface area contributed by atoms with Crippen LogP contribution in [0.1, 0.15) is 10.5 Å². The summed E-state index contributed by atoms with van der Waals surface area (Å²) in [5.41, 5.74) is 2.13. The van der Waals surface area contributed by atoms with Gasteiger partial charge in [-0.25, -0.2) is 4.68 Å². The van der Waals surface area contributed by atoms with Gasteiger partial charge in [0, 0.05) is 31.4 Å². The average molecular weight is 396 g/mol. The minimum atomic E-state index is -0.479. The van der Waals surface area contributed by atoms with Crippen LogP contribution >= 0.6 is 0 Å². The van der Waals surface area contributed by atoms with Crippen LogP contribution in [0.2, 0.25) is 0 Å². The number of non-ortho nitro benzene ring substituents is 1. The van der Waals surface area contributed by atoms with E-state index in [0.29, 0.717) is 36.0 Å². The van der Waals surface area contributed by atoms with E-state index in [9.17, 15) is 14.9 Å². The Morgan fingerprint density at radius 3 is 2.59 bits per heavy atom. The van der Waals surface area contributed by atoms with Crippen LogP contribution < -0.4 is 10.1 Å². The van der Waals surface area contributed by atoms with Gasteiger partial charge in [0.1, 0.15) is 11.4 Å². The largest absolute Gasteiger partial charge is 0.497 e. The molecule has 0 saturated carbocycles. The molecule has 0 radical (unpaired) electrons. The molecular formula is C20H20N4O5. The summed E-state index contributed by atoms with van der Waals surface area (Å²) in [6, 6.07) is 14.8. The number of nitrogens with zero attached hydrogens (tertiary/aromatic N) is 3. The summed E-state index contributed by atoms with van der Waals surface area (Å²) in [5.74, 6) is 0.334. The molecule has 0 aliphatic carbocycles. The van der Waals surface area contributed by atoms with Crippen molar-refractivity contribution in [3.63, 3.8) is 0 Å². The molecule has 9 nitrogen and oxygen atoms in total. The summed E-state index contributed by atoms with van der Waals surface area (Å²) in [6.07, 6.45) is 0. The maximum absolute atomic E-state index is 12.7. The molecule has 0 spiro atoms. The molecule has 3 rings (SSSR count). The van der Waals surface area contributed by atoms with E-state index in [2.05, 4.69) is 10.4 Å². The highest BCUT2D eigenvalue weighted by Crippen LogP contribution is 2.25. The third-order valence-corrected chi connectivity index (χ3v) is 4.20. The van der Waals surface area contributed by atoms with Crippen molar-refractivity contribution in [2.75, 3.05) is 27.4 Å². The number of methoxy groups -OCH3 is 2. The Morgan fingerprint density at radius 1 is 1.17 bits per heavy atom. The van der Waals surface area contributed by atoms with Crippen LogP contribution in [0, 0.1) is 10.1 Å². The van der Waals surface area contributed by atoms with Crippen LogP contribution in [0.25, 0.3) is 16.9 Å². The van der Waals surface area contributed by atoms with E-state index >= 15 is 0 Å². The third kappa shape index (κ3) is 4.58. The number of nitro benzene ring substituents is 1. The monoisotopic (exact) mass is 396 g/mol. The Labute approximate surface area is 167 Å². The predicted octanol–water partition coefficient (Wildman–Crippen LogP) is 2.83. The van der Waals surface area contributed by atoms with Crippen molar-refractivity contribution >= 4 is 11.6 Å². The Bertz CT molecular complexity index is 1010. The second-order valence-electron chi connectivity index (χ2n) is 6.08. The van der Waals surface area contributed by atoms with Crippen LogP contribution in [-0.4, -0.2) is 48.0 Å². The van der Waals surface area contributed by atoms with E-state index in [1.807, 2.05) is 24.3 Å². The fourth-order valence-electron chi connectivity index (χ4n) is 2.74. The van der Waals surface area contributed by atoms with Gasteiger partial charge in [0.05, 0.1) is 30.0 Å². The normalized spacial score (nSPS) is 10.6. The van der Waals surface area contributed by atoms with Crippen molar-refractivity contribution in [1.82, 2.24) is 15.1 Å². The maximum Gasteiger partial charge on any atom is 0.270 e. The van der Waals surface area contributed by atoms with Crippen LogP contribution in [0.15, 0.2) is 54.6 Å². The van der Waals surface area contributed by atoms with Gasteiger partial charge >= 0.3 is 0 Å². The lowest BCUT2D eigenvalue weighted by molar-refractivity contribution is -0.384. The standard InChI is InChI=1S/C20H20N4O5/c1-28-11-10-21-20(25)19-13-18(14-4-3-5-17(12-14)29-2)22-23(19)15-6-8-16(9-7-15)24(26)27/h3-9,12-13H,10-11H2,1-2H3,(H,21,25). The Morgan fingerprint density at radius 2 is 1.93 bits per heavy atom. The van der Waals surface area contributed by atoms with Crippen molar-refractivity contribution in [3.8, 4) is 22.7 Å². The molecule has 1 aromatic heterocycles. The summed E-state index contributed by atoms with van der Waals surface area (Å²) < 4.78 is 11.7. The second-order valence-corrected chi connectivity index (χ2v) is 6.08. The highest BCUT2D eigenvalue weighted by molar-refractivity contribution is 5.94. The number of carbonyl (C=O) groups excluding carboxylic acids is 1. The molecule has 0 bridgehead atoms. The third-order valence-electron chi connectivity index (χ3n) is 4.20. The van der Waals surface area contributed by atoms with Gasteiger partial charge in [0.25, 0.3) is 11.6 Å². The number of nitro groups is 1. The number of hydrogen-bond donors (Lipinski definition) is 1. The van der Waals surface area contributed by atoms with Crippen LogP contribution in [0.4, 0.5) is 5.69 Å². The van der Waals surface area contributed by atoms with E-state index in [0.717, 1.165) is 5.56 Å². The van der Waals surface area contributed by atoms with Crippen molar-refractivity contribution < 1.29 is 19.2 Å². The quantitative estimate of drug-likeness (QED) is 0.356. The van der Waals surface area contributed by atoms with Crippen LogP contribution in [0.5, 0.6) is 5.75 Å². The summed E-state index contributed by atoms with van der Waals surface area (Å²) in [4.78, 5) is 23.1. The Hall–Kier alpha value is -3.72. The minimum absolute atomic E-state index is 0.0416. The van der Waals surface area contributed by atoms with Gasteiger partial charge in [-0.2, -0.15) is 5.10 Å². The Kier molecular flexibility index (Phi) is 6.20. The lowest BCUT2D eigenvalue weighted by atomic mass is 10.1. The molecule has 1 N–H and O–H groups in total. The molecule has 3 aromatic rings. The van der Waals surface area contributed by atoms with E-state index in [-0.39, 0.29) is 11.6 Å². The summed E-state index contributed by atoms with van der Waals surface area (Å²) in [6.45, 7) is 0.718. The van der Waals surface area contributed by atoms with Crippen molar-refractivity contribution in [3.05, 3.63) is 70.4 Å². The summed E-state index contributed by atoms with van der Waals surface area (Å²) >= 11 is 0. The highest BCUT2D eigenvalue weighted by atomic mass is 16.6. The SMILES string of the molecule is COCCNC(=O)c1cc(-c2cccc(OC)c2)nn1-c1ccc([N+](=O)[O-])cc1. The predicted molar refractivity (Wildman–Crippen MR) is 106 cm³/mol. The molecule has 150 valence electrons. The molecule has 9 heteroatoms. The summed E-state index contributed by atoms with van der Waals surface area (Å²) in [5, 5.41) is 18.2. The fourth-order valence-corrected chi connectivity index (χ4v) is 2.74. The maximum atomic E-state index is 12.7. The molecule has 29 heavy (non-hydrogen) atoms. The number of ether oxygens (including phenoxy) is 2. The zero-order chi connectivity index (χ0) is 20.8. The number of carbonyl (C=O) groups is 1. The lowest BCUT2D eigenvalue weighted by Crippen LogP contribution is -2.28.